The number of fused-ring (bicyclic) bond motifs is 1. The van der Waals surface area contributed by atoms with Gasteiger partial charge in [0.1, 0.15) is 17.4 Å². The fraction of sp³-hybridized carbons (Fsp3) is 0.381. The highest BCUT2D eigenvalue weighted by Gasteiger charge is 2.19. The summed E-state index contributed by atoms with van der Waals surface area (Å²) in [6, 6.07) is 9.07. The van der Waals surface area contributed by atoms with Crippen molar-refractivity contribution in [3.8, 4) is 5.75 Å². The normalized spacial score (nSPS) is 14.2. The van der Waals surface area contributed by atoms with Gasteiger partial charge in [0.05, 0.1) is 19.6 Å². The Labute approximate surface area is 169 Å². The Morgan fingerprint density at radius 3 is 2.79 bits per heavy atom. The highest BCUT2D eigenvalue weighted by Crippen LogP contribution is 2.14. The van der Waals surface area contributed by atoms with Crippen LogP contribution in [-0.2, 0) is 25.9 Å². The van der Waals surface area contributed by atoms with Gasteiger partial charge in [-0.1, -0.05) is 0 Å². The smallest absolute Gasteiger partial charge is 0.251 e. The van der Waals surface area contributed by atoms with Crippen molar-refractivity contribution in [2.24, 2.45) is 0 Å². The maximum atomic E-state index is 12.3. The average molecular weight is 395 g/mol. The number of aromatic nitrogens is 3. The molecule has 29 heavy (non-hydrogen) atoms. The van der Waals surface area contributed by atoms with Crippen LogP contribution in [0.25, 0.3) is 0 Å². The van der Waals surface area contributed by atoms with E-state index in [0.717, 1.165) is 50.0 Å². The topological polar surface area (TPSA) is 85.4 Å². The van der Waals surface area contributed by atoms with Crippen LogP contribution in [0.3, 0.4) is 0 Å². The number of furan rings is 1. The van der Waals surface area contributed by atoms with Gasteiger partial charge in [0.2, 0.25) is 0 Å². The Morgan fingerprint density at radius 1 is 1.17 bits per heavy atom. The van der Waals surface area contributed by atoms with Gasteiger partial charge in [-0.3, -0.25) is 9.69 Å². The lowest BCUT2D eigenvalue weighted by molar-refractivity contribution is 0.0954. The first-order valence-electron chi connectivity index (χ1n) is 9.79. The highest BCUT2D eigenvalue weighted by molar-refractivity contribution is 5.94. The third kappa shape index (κ3) is 4.65. The van der Waals surface area contributed by atoms with Crippen LogP contribution < -0.4 is 10.1 Å². The fourth-order valence-corrected chi connectivity index (χ4v) is 3.54. The SMILES string of the molecule is COc1ccc(C(=O)NCCc2nnc3n2CCN(Cc2ccoc2)CC3)cc1. The first kappa shape index (κ1) is 19.2. The standard InChI is InChI=1S/C21H25N5O3/c1-28-18-4-2-17(3-5-18)21(27)22-9-6-19-23-24-20-7-10-25(11-12-26(19)20)14-16-8-13-29-15-16/h2-5,8,13,15H,6-7,9-12,14H2,1H3,(H,22,27). The quantitative estimate of drug-likeness (QED) is 0.658. The minimum Gasteiger partial charge on any atom is -0.497 e. The van der Waals surface area contributed by atoms with Crippen LogP contribution in [0.2, 0.25) is 0 Å². The number of nitrogens with zero attached hydrogens (tertiary/aromatic N) is 4. The zero-order chi connectivity index (χ0) is 20.1. The first-order chi connectivity index (χ1) is 14.2. The molecule has 1 N–H and O–H groups in total. The van der Waals surface area contributed by atoms with Crippen molar-refractivity contribution in [2.45, 2.75) is 25.9 Å². The highest BCUT2D eigenvalue weighted by atomic mass is 16.5. The molecule has 0 radical (unpaired) electrons. The third-order valence-corrected chi connectivity index (χ3v) is 5.17. The number of hydrogen-bond acceptors (Lipinski definition) is 6. The van der Waals surface area contributed by atoms with Crippen molar-refractivity contribution < 1.29 is 13.9 Å². The zero-order valence-corrected chi connectivity index (χ0v) is 16.5. The summed E-state index contributed by atoms with van der Waals surface area (Å²) in [6.45, 7) is 4.12. The summed E-state index contributed by atoms with van der Waals surface area (Å²) in [5.74, 6) is 2.56. The first-order valence-corrected chi connectivity index (χ1v) is 9.79. The zero-order valence-electron chi connectivity index (χ0n) is 16.5. The van der Waals surface area contributed by atoms with Crippen molar-refractivity contribution in [3.63, 3.8) is 0 Å². The molecule has 1 aliphatic heterocycles. The molecule has 0 saturated carbocycles. The summed E-state index contributed by atoms with van der Waals surface area (Å²) in [5.41, 5.74) is 1.80. The largest absolute Gasteiger partial charge is 0.497 e. The molecule has 0 fully saturated rings. The monoisotopic (exact) mass is 395 g/mol. The molecule has 8 nitrogen and oxygen atoms in total. The van der Waals surface area contributed by atoms with E-state index in [-0.39, 0.29) is 5.91 Å². The Bertz CT molecular complexity index is 934. The van der Waals surface area contributed by atoms with Crippen molar-refractivity contribution in [2.75, 3.05) is 26.7 Å². The van der Waals surface area contributed by atoms with Crippen LogP contribution in [0.1, 0.15) is 27.6 Å². The Balaban J connectivity index is 1.30. The Hall–Kier alpha value is -3.13. The van der Waals surface area contributed by atoms with Gasteiger partial charge in [-0.05, 0) is 30.3 Å². The van der Waals surface area contributed by atoms with Crippen molar-refractivity contribution >= 4 is 5.91 Å². The maximum absolute atomic E-state index is 12.3. The van der Waals surface area contributed by atoms with E-state index >= 15 is 0 Å². The lowest BCUT2D eigenvalue weighted by Gasteiger charge is -2.18. The summed E-state index contributed by atoms with van der Waals surface area (Å²) in [7, 11) is 1.60. The summed E-state index contributed by atoms with van der Waals surface area (Å²) in [4.78, 5) is 14.7. The second-order valence-electron chi connectivity index (χ2n) is 7.08. The molecule has 0 bridgehead atoms. The van der Waals surface area contributed by atoms with Gasteiger partial charge in [-0.25, -0.2) is 0 Å². The van der Waals surface area contributed by atoms with E-state index in [9.17, 15) is 4.79 Å². The predicted octanol–water partition coefficient (Wildman–Crippen LogP) is 1.91. The predicted molar refractivity (Wildman–Crippen MR) is 107 cm³/mol. The molecular weight excluding hydrogens is 370 g/mol. The molecule has 3 aromatic rings. The number of carbonyl (C=O) groups excluding carboxylic acids is 1. The number of ether oxygens (including phenoxy) is 1. The molecule has 0 spiro atoms. The molecule has 0 saturated heterocycles. The van der Waals surface area contributed by atoms with Crippen LogP contribution in [0.15, 0.2) is 47.3 Å². The third-order valence-electron chi connectivity index (χ3n) is 5.17. The molecule has 8 heteroatoms. The number of carbonyl (C=O) groups is 1. The molecule has 3 heterocycles. The van der Waals surface area contributed by atoms with Gasteiger partial charge in [0.25, 0.3) is 5.91 Å². The van der Waals surface area contributed by atoms with Gasteiger partial charge in [-0.2, -0.15) is 0 Å². The second-order valence-corrected chi connectivity index (χ2v) is 7.08. The van der Waals surface area contributed by atoms with E-state index < -0.39 is 0 Å². The lowest BCUT2D eigenvalue weighted by atomic mass is 10.2. The number of amides is 1. The van der Waals surface area contributed by atoms with Crippen molar-refractivity contribution in [3.05, 3.63) is 65.6 Å². The van der Waals surface area contributed by atoms with Crippen LogP contribution in [-0.4, -0.2) is 52.3 Å². The molecule has 2 aromatic heterocycles. The molecule has 152 valence electrons. The molecule has 4 rings (SSSR count). The number of rotatable bonds is 7. The van der Waals surface area contributed by atoms with Crippen LogP contribution in [0, 0.1) is 0 Å². The van der Waals surface area contributed by atoms with Gasteiger partial charge in [0, 0.05) is 56.7 Å². The van der Waals surface area contributed by atoms with E-state index in [1.54, 1.807) is 43.9 Å². The molecule has 0 unspecified atom stereocenters. The van der Waals surface area contributed by atoms with E-state index in [1.165, 1.54) is 5.56 Å². The van der Waals surface area contributed by atoms with Crippen LogP contribution >= 0.6 is 0 Å². The van der Waals surface area contributed by atoms with E-state index in [1.807, 2.05) is 6.07 Å². The van der Waals surface area contributed by atoms with Crippen LogP contribution in [0.5, 0.6) is 5.75 Å². The molecule has 1 aliphatic rings. The molecule has 1 amide bonds. The summed E-state index contributed by atoms with van der Waals surface area (Å²) < 4.78 is 12.5. The number of methoxy groups -OCH3 is 1. The molecule has 0 atom stereocenters. The van der Waals surface area contributed by atoms with Crippen molar-refractivity contribution in [1.29, 1.82) is 0 Å². The maximum Gasteiger partial charge on any atom is 0.251 e. The van der Waals surface area contributed by atoms with Crippen molar-refractivity contribution in [1.82, 2.24) is 25.0 Å². The van der Waals surface area contributed by atoms with Gasteiger partial charge >= 0.3 is 0 Å². The van der Waals surface area contributed by atoms with Gasteiger partial charge in [-0.15, -0.1) is 10.2 Å². The van der Waals surface area contributed by atoms with E-state index in [4.69, 9.17) is 9.15 Å². The average Bonchev–Trinajstić information content (AvgIpc) is 3.35. The van der Waals surface area contributed by atoms with Gasteiger partial charge in [0.15, 0.2) is 0 Å². The second kappa shape index (κ2) is 8.91. The number of hydrogen-bond donors (Lipinski definition) is 1. The minimum absolute atomic E-state index is 0.102. The molecule has 0 aliphatic carbocycles. The summed E-state index contributed by atoms with van der Waals surface area (Å²) >= 11 is 0. The Kier molecular flexibility index (Phi) is 5.90. The van der Waals surface area contributed by atoms with Crippen LogP contribution in [0.4, 0.5) is 0 Å². The fourth-order valence-electron chi connectivity index (χ4n) is 3.54. The van der Waals surface area contributed by atoms with E-state index in [0.29, 0.717) is 18.5 Å². The number of nitrogens with one attached hydrogen (secondary N) is 1. The van der Waals surface area contributed by atoms with Gasteiger partial charge < -0.3 is 19.0 Å². The summed E-state index contributed by atoms with van der Waals surface area (Å²) in [6.07, 6.45) is 5.02. The van der Waals surface area contributed by atoms with E-state index in [2.05, 4.69) is 25.0 Å². The Morgan fingerprint density at radius 2 is 2.03 bits per heavy atom. The molecular formula is C21H25N5O3. The molecule has 1 aromatic carbocycles. The lowest BCUT2D eigenvalue weighted by Crippen LogP contribution is -2.28. The number of benzene rings is 1. The summed E-state index contributed by atoms with van der Waals surface area (Å²) in [5, 5.41) is 11.7. The minimum atomic E-state index is -0.102.